The van der Waals surface area contributed by atoms with Crippen LogP contribution in [0.3, 0.4) is 0 Å². The number of methoxy groups -OCH3 is 1. The van der Waals surface area contributed by atoms with Crippen LogP contribution >= 0.6 is 0 Å². The Morgan fingerprint density at radius 1 is 1.13 bits per heavy atom. The first kappa shape index (κ1) is 17.7. The number of sulfonamides is 1. The second kappa shape index (κ2) is 8.29. The van der Waals surface area contributed by atoms with Crippen molar-refractivity contribution in [3.05, 3.63) is 24.3 Å². The molecular formula is C16H23N3O3S. The number of piperazine rings is 1. The van der Waals surface area contributed by atoms with Crippen molar-refractivity contribution < 1.29 is 13.2 Å². The zero-order valence-electron chi connectivity index (χ0n) is 13.4. The van der Waals surface area contributed by atoms with Gasteiger partial charge in [0.15, 0.2) is 0 Å². The molecule has 0 amide bonds. The van der Waals surface area contributed by atoms with Gasteiger partial charge in [-0.2, -0.15) is 9.57 Å². The highest BCUT2D eigenvalue weighted by atomic mass is 32.2. The quantitative estimate of drug-likeness (QED) is 0.708. The summed E-state index contributed by atoms with van der Waals surface area (Å²) in [6.07, 6.45) is 2.48. The monoisotopic (exact) mass is 337 g/mol. The Morgan fingerprint density at radius 2 is 1.78 bits per heavy atom. The number of hydrogen-bond donors (Lipinski definition) is 0. The summed E-state index contributed by atoms with van der Waals surface area (Å²) in [5.41, 5.74) is 0. The second-order valence-corrected chi connectivity index (χ2v) is 7.47. The molecule has 0 aliphatic carbocycles. The van der Waals surface area contributed by atoms with E-state index in [-0.39, 0.29) is 0 Å². The van der Waals surface area contributed by atoms with Crippen LogP contribution in [0.2, 0.25) is 0 Å². The third-order valence-electron chi connectivity index (χ3n) is 4.04. The van der Waals surface area contributed by atoms with Crippen molar-refractivity contribution in [3.8, 4) is 11.8 Å². The zero-order valence-corrected chi connectivity index (χ0v) is 14.3. The summed E-state index contributed by atoms with van der Waals surface area (Å²) in [7, 11) is -1.88. The maximum atomic E-state index is 12.6. The third kappa shape index (κ3) is 4.67. The lowest BCUT2D eigenvalue weighted by Gasteiger charge is -2.33. The Hall–Kier alpha value is -1.62. The van der Waals surface area contributed by atoms with Crippen LogP contribution in [-0.2, 0) is 10.0 Å². The van der Waals surface area contributed by atoms with Crippen molar-refractivity contribution in [1.82, 2.24) is 9.21 Å². The van der Waals surface area contributed by atoms with E-state index in [4.69, 9.17) is 10.00 Å². The second-order valence-electron chi connectivity index (χ2n) is 5.54. The molecule has 0 aromatic heterocycles. The molecule has 0 radical (unpaired) electrons. The fourth-order valence-electron chi connectivity index (χ4n) is 2.63. The molecule has 0 bridgehead atoms. The average Bonchev–Trinajstić information content (AvgIpc) is 2.59. The number of ether oxygens (including phenoxy) is 1. The molecule has 1 saturated heterocycles. The van der Waals surface area contributed by atoms with E-state index in [0.717, 1.165) is 32.5 Å². The Bertz CT molecular complexity index is 630. The highest BCUT2D eigenvalue weighted by molar-refractivity contribution is 7.89. The Labute approximate surface area is 138 Å². The molecule has 6 nitrogen and oxygen atoms in total. The van der Waals surface area contributed by atoms with Crippen LogP contribution < -0.4 is 4.74 Å². The van der Waals surface area contributed by atoms with Gasteiger partial charge >= 0.3 is 0 Å². The molecular weight excluding hydrogens is 314 g/mol. The molecule has 0 unspecified atom stereocenters. The highest BCUT2D eigenvalue weighted by Gasteiger charge is 2.28. The number of rotatable bonds is 7. The van der Waals surface area contributed by atoms with E-state index < -0.39 is 10.0 Å². The van der Waals surface area contributed by atoms with Crippen molar-refractivity contribution in [3.63, 3.8) is 0 Å². The normalized spacial score (nSPS) is 16.9. The van der Waals surface area contributed by atoms with Crippen molar-refractivity contribution in [1.29, 1.82) is 5.26 Å². The molecule has 126 valence electrons. The van der Waals surface area contributed by atoms with Crippen LogP contribution in [0, 0.1) is 11.3 Å². The summed E-state index contributed by atoms with van der Waals surface area (Å²) in [4.78, 5) is 2.57. The molecule has 1 aliphatic heterocycles. The van der Waals surface area contributed by atoms with Gasteiger partial charge < -0.3 is 9.64 Å². The fraction of sp³-hybridized carbons (Fsp3) is 0.562. The van der Waals surface area contributed by atoms with Crippen LogP contribution in [0.25, 0.3) is 0 Å². The molecule has 2 rings (SSSR count). The summed E-state index contributed by atoms with van der Waals surface area (Å²) >= 11 is 0. The van der Waals surface area contributed by atoms with E-state index in [1.54, 1.807) is 35.7 Å². The minimum Gasteiger partial charge on any atom is -0.497 e. The molecule has 1 aliphatic rings. The Morgan fingerprint density at radius 3 is 2.35 bits per heavy atom. The number of nitriles is 1. The molecule has 0 N–H and O–H groups in total. The first-order chi connectivity index (χ1) is 11.1. The number of nitrogens with zero attached hydrogens (tertiary/aromatic N) is 3. The molecule has 0 spiro atoms. The van der Waals surface area contributed by atoms with Gasteiger partial charge in [-0.25, -0.2) is 8.42 Å². The number of unbranched alkanes of at least 4 members (excludes halogenated alkanes) is 2. The van der Waals surface area contributed by atoms with E-state index in [1.165, 1.54) is 0 Å². The predicted molar refractivity (Wildman–Crippen MR) is 87.7 cm³/mol. The van der Waals surface area contributed by atoms with E-state index in [9.17, 15) is 8.42 Å². The van der Waals surface area contributed by atoms with Gasteiger partial charge in [-0.3, -0.25) is 0 Å². The van der Waals surface area contributed by atoms with Gasteiger partial charge in [0, 0.05) is 32.6 Å². The molecule has 23 heavy (non-hydrogen) atoms. The van der Waals surface area contributed by atoms with Crippen molar-refractivity contribution >= 4 is 10.0 Å². The molecule has 0 saturated carbocycles. The lowest BCUT2D eigenvalue weighted by Crippen LogP contribution is -2.48. The van der Waals surface area contributed by atoms with Gasteiger partial charge in [-0.15, -0.1) is 0 Å². The maximum Gasteiger partial charge on any atom is 0.243 e. The van der Waals surface area contributed by atoms with Gasteiger partial charge in [-0.05, 0) is 43.7 Å². The molecule has 1 aromatic carbocycles. The van der Waals surface area contributed by atoms with Gasteiger partial charge in [0.2, 0.25) is 10.0 Å². The standard InChI is InChI=1S/C16H23N3O3S/c1-22-15-5-7-16(8-6-15)23(20,21)19-13-11-18(12-14-19)10-4-2-3-9-17/h5-8H,2-4,10-14H2,1H3. The lowest BCUT2D eigenvalue weighted by molar-refractivity contribution is 0.186. The van der Waals surface area contributed by atoms with E-state index in [0.29, 0.717) is 30.2 Å². The SMILES string of the molecule is COc1ccc(S(=O)(=O)N2CCN(CCCCC#N)CC2)cc1. The van der Waals surface area contributed by atoms with Gasteiger partial charge in [0.05, 0.1) is 18.1 Å². The van der Waals surface area contributed by atoms with Crippen LogP contribution in [0.15, 0.2) is 29.2 Å². The van der Waals surface area contributed by atoms with Crippen molar-refractivity contribution in [2.45, 2.75) is 24.2 Å². The minimum absolute atomic E-state index is 0.306. The molecule has 7 heteroatoms. The maximum absolute atomic E-state index is 12.6. The molecule has 1 fully saturated rings. The fourth-order valence-corrected chi connectivity index (χ4v) is 4.05. The van der Waals surface area contributed by atoms with Gasteiger partial charge in [0.1, 0.15) is 5.75 Å². The Balaban J connectivity index is 1.89. The number of hydrogen-bond acceptors (Lipinski definition) is 5. The topological polar surface area (TPSA) is 73.6 Å². The third-order valence-corrected chi connectivity index (χ3v) is 5.95. The van der Waals surface area contributed by atoms with Crippen LogP contribution in [0.1, 0.15) is 19.3 Å². The van der Waals surface area contributed by atoms with Crippen molar-refractivity contribution in [2.24, 2.45) is 0 Å². The molecule has 0 atom stereocenters. The zero-order chi connectivity index (χ0) is 16.7. The smallest absolute Gasteiger partial charge is 0.243 e. The number of benzene rings is 1. The van der Waals surface area contributed by atoms with Crippen LogP contribution in [0.5, 0.6) is 5.75 Å². The summed E-state index contributed by atoms with van der Waals surface area (Å²) < 4.78 is 31.8. The molecule has 1 aromatic rings. The van der Waals surface area contributed by atoms with E-state index >= 15 is 0 Å². The van der Waals surface area contributed by atoms with Gasteiger partial charge in [-0.1, -0.05) is 0 Å². The van der Waals surface area contributed by atoms with Crippen LogP contribution in [0.4, 0.5) is 0 Å². The summed E-state index contributed by atoms with van der Waals surface area (Å²) in [5.74, 6) is 0.645. The first-order valence-electron chi connectivity index (χ1n) is 7.81. The first-order valence-corrected chi connectivity index (χ1v) is 9.25. The predicted octanol–water partition coefficient (Wildman–Crippen LogP) is 1.70. The van der Waals surface area contributed by atoms with Crippen molar-refractivity contribution in [2.75, 3.05) is 39.8 Å². The summed E-state index contributed by atoms with van der Waals surface area (Å²) in [5, 5.41) is 8.52. The van der Waals surface area contributed by atoms with E-state index in [1.807, 2.05) is 0 Å². The lowest BCUT2D eigenvalue weighted by atomic mass is 10.2. The van der Waals surface area contributed by atoms with E-state index in [2.05, 4.69) is 11.0 Å². The Kier molecular flexibility index (Phi) is 6.39. The molecule has 1 heterocycles. The largest absolute Gasteiger partial charge is 0.497 e. The highest BCUT2D eigenvalue weighted by Crippen LogP contribution is 2.20. The summed E-state index contributed by atoms with van der Waals surface area (Å²) in [6.45, 7) is 3.42. The minimum atomic E-state index is -3.43. The summed E-state index contributed by atoms with van der Waals surface area (Å²) in [6, 6.07) is 8.65. The van der Waals surface area contributed by atoms with Crippen LogP contribution in [-0.4, -0.2) is 57.5 Å². The van der Waals surface area contributed by atoms with Gasteiger partial charge in [0.25, 0.3) is 0 Å². The average molecular weight is 337 g/mol.